The van der Waals surface area contributed by atoms with Crippen LogP contribution in [0.5, 0.6) is 5.88 Å². The molecule has 2 rings (SSSR count). The quantitative estimate of drug-likeness (QED) is 0.591. The van der Waals surface area contributed by atoms with Gasteiger partial charge in [0, 0.05) is 24.8 Å². The summed E-state index contributed by atoms with van der Waals surface area (Å²) in [5.41, 5.74) is 6.97. The van der Waals surface area contributed by atoms with E-state index in [1.54, 1.807) is 6.20 Å². The fourth-order valence-electron chi connectivity index (χ4n) is 2.81. The summed E-state index contributed by atoms with van der Waals surface area (Å²) in [5.74, 6) is 1.13. The van der Waals surface area contributed by atoms with Crippen LogP contribution in [0.4, 0.5) is 0 Å². The number of likely N-dealkylation sites (tertiary alicyclic amines) is 1. The molecule has 6 heteroatoms. The zero-order valence-electron chi connectivity index (χ0n) is 14.5. The minimum atomic E-state index is 0.129. The first-order chi connectivity index (χ1) is 11.1. The molecular formula is C17H29N5O. The van der Waals surface area contributed by atoms with E-state index in [0.29, 0.717) is 24.4 Å². The largest absolute Gasteiger partial charge is 0.475 e. The predicted molar refractivity (Wildman–Crippen MR) is 93.6 cm³/mol. The summed E-state index contributed by atoms with van der Waals surface area (Å²) >= 11 is 0. The first-order valence-electron chi connectivity index (χ1n) is 8.48. The van der Waals surface area contributed by atoms with Gasteiger partial charge in [0.15, 0.2) is 5.96 Å². The zero-order valence-corrected chi connectivity index (χ0v) is 14.5. The van der Waals surface area contributed by atoms with Crippen LogP contribution in [0.15, 0.2) is 23.3 Å². The van der Waals surface area contributed by atoms with Crippen molar-refractivity contribution in [3.8, 4) is 5.88 Å². The Bertz CT molecular complexity index is 500. The van der Waals surface area contributed by atoms with E-state index < -0.39 is 0 Å². The molecule has 1 saturated heterocycles. The summed E-state index contributed by atoms with van der Waals surface area (Å²) in [6.07, 6.45) is 4.41. The smallest absolute Gasteiger partial charge is 0.213 e. The second kappa shape index (κ2) is 8.72. The van der Waals surface area contributed by atoms with Gasteiger partial charge >= 0.3 is 0 Å². The SMILES string of the molecule is CCN1CCCC1CNC(N)=NCc1ccc(OC(C)C)nc1. The Morgan fingerprint density at radius 2 is 2.35 bits per heavy atom. The summed E-state index contributed by atoms with van der Waals surface area (Å²) in [6, 6.07) is 4.41. The maximum Gasteiger partial charge on any atom is 0.213 e. The molecule has 1 aromatic heterocycles. The van der Waals surface area contributed by atoms with Crippen molar-refractivity contribution in [3.63, 3.8) is 0 Å². The van der Waals surface area contributed by atoms with E-state index in [4.69, 9.17) is 10.5 Å². The van der Waals surface area contributed by atoms with Crippen molar-refractivity contribution in [3.05, 3.63) is 23.9 Å². The van der Waals surface area contributed by atoms with Crippen LogP contribution in [0.2, 0.25) is 0 Å². The highest BCUT2D eigenvalue weighted by atomic mass is 16.5. The van der Waals surface area contributed by atoms with Gasteiger partial charge in [-0.1, -0.05) is 13.0 Å². The van der Waals surface area contributed by atoms with Crippen molar-refractivity contribution >= 4 is 5.96 Å². The van der Waals surface area contributed by atoms with E-state index in [9.17, 15) is 0 Å². The lowest BCUT2D eigenvalue weighted by Gasteiger charge is -2.23. The van der Waals surface area contributed by atoms with Gasteiger partial charge in [-0.05, 0) is 45.3 Å². The number of nitrogens with two attached hydrogens (primary N) is 1. The zero-order chi connectivity index (χ0) is 16.7. The van der Waals surface area contributed by atoms with Crippen LogP contribution in [-0.2, 0) is 6.54 Å². The fourth-order valence-corrected chi connectivity index (χ4v) is 2.81. The van der Waals surface area contributed by atoms with Crippen LogP contribution in [0.25, 0.3) is 0 Å². The minimum Gasteiger partial charge on any atom is -0.475 e. The third-order valence-electron chi connectivity index (χ3n) is 4.01. The molecule has 2 heterocycles. The Morgan fingerprint density at radius 3 is 3.00 bits per heavy atom. The van der Waals surface area contributed by atoms with Crippen LogP contribution in [0, 0.1) is 0 Å². The van der Waals surface area contributed by atoms with Crippen molar-refractivity contribution in [2.75, 3.05) is 19.6 Å². The first kappa shape index (κ1) is 17.5. The van der Waals surface area contributed by atoms with Gasteiger partial charge in [-0.25, -0.2) is 9.98 Å². The molecule has 1 unspecified atom stereocenters. The molecule has 0 aromatic carbocycles. The Hall–Kier alpha value is -1.82. The highest BCUT2D eigenvalue weighted by molar-refractivity contribution is 5.77. The van der Waals surface area contributed by atoms with Gasteiger partial charge < -0.3 is 15.8 Å². The molecular weight excluding hydrogens is 290 g/mol. The van der Waals surface area contributed by atoms with Crippen molar-refractivity contribution < 1.29 is 4.74 Å². The van der Waals surface area contributed by atoms with Gasteiger partial charge in [-0.3, -0.25) is 4.90 Å². The highest BCUT2D eigenvalue weighted by Crippen LogP contribution is 2.15. The lowest BCUT2D eigenvalue weighted by atomic mass is 10.2. The number of ether oxygens (including phenoxy) is 1. The van der Waals surface area contributed by atoms with Crippen molar-refractivity contribution in [1.82, 2.24) is 15.2 Å². The third kappa shape index (κ3) is 5.71. The molecule has 1 aromatic rings. The molecule has 1 aliphatic heterocycles. The van der Waals surface area contributed by atoms with E-state index in [2.05, 4.69) is 27.1 Å². The van der Waals surface area contributed by atoms with Crippen molar-refractivity contribution in [2.24, 2.45) is 10.7 Å². The van der Waals surface area contributed by atoms with Gasteiger partial charge in [0.1, 0.15) is 0 Å². The Balaban J connectivity index is 1.77. The van der Waals surface area contributed by atoms with Gasteiger partial charge in [-0.2, -0.15) is 0 Å². The molecule has 0 aliphatic carbocycles. The van der Waals surface area contributed by atoms with Gasteiger partial charge in [0.05, 0.1) is 12.6 Å². The van der Waals surface area contributed by atoms with E-state index in [0.717, 1.165) is 18.7 Å². The lowest BCUT2D eigenvalue weighted by molar-refractivity contribution is 0.232. The average Bonchev–Trinajstić information content (AvgIpc) is 2.99. The van der Waals surface area contributed by atoms with Gasteiger partial charge in [-0.15, -0.1) is 0 Å². The Kier molecular flexibility index (Phi) is 6.65. The van der Waals surface area contributed by atoms with Gasteiger partial charge in [0.25, 0.3) is 0 Å². The Labute approximate surface area is 139 Å². The second-order valence-corrected chi connectivity index (χ2v) is 6.18. The van der Waals surface area contributed by atoms with E-state index >= 15 is 0 Å². The first-order valence-corrected chi connectivity index (χ1v) is 8.48. The number of likely N-dealkylation sites (N-methyl/N-ethyl adjacent to an activating group) is 1. The van der Waals surface area contributed by atoms with Crippen LogP contribution in [-0.4, -0.2) is 47.6 Å². The summed E-state index contributed by atoms with van der Waals surface area (Å²) < 4.78 is 5.52. The number of nitrogens with one attached hydrogen (secondary N) is 1. The summed E-state index contributed by atoms with van der Waals surface area (Å²) in [4.78, 5) is 11.1. The Morgan fingerprint density at radius 1 is 1.52 bits per heavy atom. The lowest BCUT2D eigenvalue weighted by Crippen LogP contribution is -2.42. The van der Waals surface area contributed by atoms with Crippen LogP contribution < -0.4 is 15.8 Å². The van der Waals surface area contributed by atoms with E-state index in [1.807, 2.05) is 26.0 Å². The molecule has 128 valence electrons. The third-order valence-corrected chi connectivity index (χ3v) is 4.01. The number of aliphatic imine (C=N–C) groups is 1. The summed E-state index contributed by atoms with van der Waals surface area (Å²) in [7, 11) is 0. The van der Waals surface area contributed by atoms with Crippen molar-refractivity contribution in [2.45, 2.75) is 52.3 Å². The molecule has 1 atom stereocenters. The molecule has 0 radical (unpaired) electrons. The maximum absolute atomic E-state index is 5.96. The number of guanidine groups is 1. The predicted octanol–water partition coefficient (Wildman–Crippen LogP) is 1.76. The minimum absolute atomic E-state index is 0.129. The topological polar surface area (TPSA) is 75.8 Å². The molecule has 1 fully saturated rings. The number of nitrogens with zero attached hydrogens (tertiary/aromatic N) is 3. The normalized spacial score (nSPS) is 19.3. The van der Waals surface area contributed by atoms with E-state index in [-0.39, 0.29) is 6.10 Å². The summed E-state index contributed by atoms with van der Waals surface area (Å²) in [5, 5.41) is 3.24. The number of pyridine rings is 1. The maximum atomic E-state index is 5.96. The number of hydrogen-bond acceptors (Lipinski definition) is 4. The standard InChI is InChI=1S/C17H29N5O/c1-4-22-9-5-6-15(22)12-21-17(18)20-11-14-7-8-16(19-10-14)23-13(2)3/h7-8,10,13,15H,4-6,9,11-12H2,1-3H3,(H3,18,20,21). The average molecular weight is 319 g/mol. The van der Waals surface area contributed by atoms with Gasteiger partial charge in [0.2, 0.25) is 5.88 Å². The summed E-state index contributed by atoms with van der Waals surface area (Å²) in [6.45, 7) is 9.84. The highest BCUT2D eigenvalue weighted by Gasteiger charge is 2.22. The number of rotatable bonds is 7. The monoisotopic (exact) mass is 319 g/mol. The van der Waals surface area contributed by atoms with Crippen LogP contribution in [0.3, 0.4) is 0 Å². The fraction of sp³-hybridized carbons (Fsp3) is 0.647. The molecule has 0 saturated carbocycles. The van der Waals surface area contributed by atoms with Crippen LogP contribution in [0.1, 0.15) is 39.2 Å². The molecule has 0 bridgehead atoms. The molecule has 0 spiro atoms. The molecule has 3 N–H and O–H groups in total. The molecule has 1 aliphatic rings. The van der Waals surface area contributed by atoms with E-state index in [1.165, 1.54) is 19.4 Å². The molecule has 6 nitrogen and oxygen atoms in total. The number of hydrogen-bond donors (Lipinski definition) is 2. The van der Waals surface area contributed by atoms with Crippen LogP contribution >= 0.6 is 0 Å². The number of aromatic nitrogens is 1. The molecule has 23 heavy (non-hydrogen) atoms. The molecule has 0 amide bonds. The second-order valence-electron chi connectivity index (χ2n) is 6.18. The van der Waals surface area contributed by atoms with Crippen molar-refractivity contribution in [1.29, 1.82) is 0 Å².